The maximum absolute atomic E-state index is 10.6. The quantitative estimate of drug-likeness (QED) is 0.533. The van der Waals surface area contributed by atoms with Crippen molar-refractivity contribution in [3.05, 3.63) is 71.2 Å². The van der Waals surface area contributed by atoms with E-state index in [1.807, 2.05) is 63.7 Å². The Morgan fingerprint density at radius 1 is 1.22 bits per heavy atom. The van der Waals surface area contributed by atoms with Gasteiger partial charge >= 0.3 is 5.95 Å². The summed E-state index contributed by atoms with van der Waals surface area (Å²) in [6.45, 7) is 4.82. The number of nitrogen functional groups attached to an aromatic ring is 1. The molecule has 0 saturated carbocycles. The maximum Gasteiger partial charge on any atom is 0.356 e. The number of aromatic nitrogens is 2. The van der Waals surface area contributed by atoms with Crippen molar-refractivity contribution in [1.82, 2.24) is 4.57 Å². The van der Waals surface area contributed by atoms with Crippen LogP contribution in [0.25, 0.3) is 11.0 Å². The molecule has 3 aromatic rings. The summed E-state index contributed by atoms with van der Waals surface area (Å²) >= 11 is 3.41. The standard InChI is InChI=1S/C18H18BrN3O/c1-2-11-21-15-5-3-4-6-16(15)22(18(21)20)12-17(23)13-7-9-14(19)10-8-13/h2-10,17,20,23H,1,11-12H2/p+1/t17-/m1/s1. The van der Waals surface area contributed by atoms with Gasteiger partial charge in [-0.3, -0.25) is 5.73 Å². The number of aliphatic hydroxyl groups is 1. The molecule has 0 fully saturated rings. The van der Waals surface area contributed by atoms with Crippen molar-refractivity contribution in [2.24, 2.45) is 0 Å². The number of fused-ring (bicyclic) bond motifs is 1. The van der Waals surface area contributed by atoms with Crippen LogP contribution in [0.4, 0.5) is 5.95 Å². The smallest absolute Gasteiger partial charge is 0.356 e. The van der Waals surface area contributed by atoms with Gasteiger partial charge in [0.05, 0.1) is 6.54 Å². The fourth-order valence-corrected chi connectivity index (χ4v) is 3.05. The predicted molar refractivity (Wildman–Crippen MR) is 95.8 cm³/mol. The molecule has 0 unspecified atom stereocenters. The third-order valence-corrected chi connectivity index (χ3v) is 4.47. The average Bonchev–Trinajstić information content (AvgIpc) is 2.82. The molecule has 0 radical (unpaired) electrons. The molecular formula is C18H19BrN3O+. The number of benzene rings is 2. The van der Waals surface area contributed by atoms with Crippen LogP contribution >= 0.6 is 15.9 Å². The zero-order valence-corrected chi connectivity index (χ0v) is 14.3. The third-order valence-electron chi connectivity index (χ3n) is 3.94. The first-order valence-electron chi connectivity index (χ1n) is 7.42. The fraction of sp³-hybridized carbons (Fsp3) is 0.167. The Balaban J connectivity index is 2.01. The number of anilines is 1. The van der Waals surface area contributed by atoms with Crippen molar-refractivity contribution in [2.45, 2.75) is 19.2 Å². The summed E-state index contributed by atoms with van der Waals surface area (Å²) < 4.78 is 4.94. The summed E-state index contributed by atoms with van der Waals surface area (Å²) in [5.74, 6) is 0.613. The lowest BCUT2D eigenvalue weighted by molar-refractivity contribution is -0.666. The Morgan fingerprint density at radius 3 is 2.61 bits per heavy atom. The number of halogens is 1. The van der Waals surface area contributed by atoms with E-state index in [1.165, 1.54) is 0 Å². The van der Waals surface area contributed by atoms with E-state index in [4.69, 9.17) is 5.73 Å². The third kappa shape index (κ3) is 3.02. The van der Waals surface area contributed by atoms with Crippen LogP contribution in [0.15, 0.2) is 65.7 Å². The molecule has 0 spiro atoms. The predicted octanol–water partition coefficient (Wildman–Crippen LogP) is 3.19. The first-order chi connectivity index (χ1) is 11.1. The van der Waals surface area contributed by atoms with E-state index in [0.29, 0.717) is 19.0 Å². The summed E-state index contributed by atoms with van der Waals surface area (Å²) in [6, 6.07) is 15.7. The van der Waals surface area contributed by atoms with Gasteiger partial charge in [0.2, 0.25) is 0 Å². The topological polar surface area (TPSA) is 55.1 Å². The van der Waals surface area contributed by atoms with Crippen molar-refractivity contribution >= 4 is 32.9 Å². The highest BCUT2D eigenvalue weighted by Gasteiger charge is 2.22. The van der Waals surface area contributed by atoms with Crippen molar-refractivity contribution in [2.75, 3.05) is 5.73 Å². The lowest BCUT2D eigenvalue weighted by Gasteiger charge is -2.10. The van der Waals surface area contributed by atoms with Gasteiger partial charge < -0.3 is 5.11 Å². The summed E-state index contributed by atoms with van der Waals surface area (Å²) in [7, 11) is 0. The number of hydrogen-bond acceptors (Lipinski definition) is 2. The number of aliphatic hydroxyl groups excluding tert-OH is 1. The molecule has 0 saturated heterocycles. The molecule has 118 valence electrons. The van der Waals surface area contributed by atoms with Crippen LogP contribution in [0.5, 0.6) is 0 Å². The molecule has 4 nitrogen and oxygen atoms in total. The van der Waals surface area contributed by atoms with Crippen LogP contribution in [0.1, 0.15) is 11.7 Å². The minimum atomic E-state index is -0.626. The molecule has 1 atom stereocenters. The average molecular weight is 373 g/mol. The van der Waals surface area contributed by atoms with E-state index in [9.17, 15) is 5.11 Å². The van der Waals surface area contributed by atoms with E-state index in [1.54, 1.807) is 0 Å². The first kappa shape index (κ1) is 15.8. The van der Waals surface area contributed by atoms with Crippen LogP contribution in [-0.2, 0) is 13.1 Å². The molecular weight excluding hydrogens is 354 g/mol. The van der Waals surface area contributed by atoms with E-state index in [0.717, 1.165) is 21.1 Å². The zero-order chi connectivity index (χ0) is 16.4. The number of hydrogen-bond donors (Lipinski definition) is 2. The number of nitrogens with zero attached hydrogens (tertiary/aromatic N) is 2. The molecule has 3 N–H and O–H groups in total. The lowest BCUT2D eigenvalue weighted by Crippen LogP contribution is -2.39. The number of allylic oxidation sites excluding steroid dienone is 1. The lowest BCUT2D eigenvalue weighted by atomic mass is 10.1. The molecule has 1 heterocycles. The highest BCUT2D eigenvalue weighted by atomic mass is 79.9. The van der Waals surface area contributed by atoms with Gasteiger partial charge in [-0.15, -0.1) is 0 Å². The van der Waals surface area contributed by atoms with Crippen LogP contribution in [0.3, 0.4) is 0 Å². The van der Waals surface area contributed by atoms with Crippen molar-refractivity contribution in [3.8, 4) is 0 Å². The van der Waals surface area contributed by atoms with E-state index >= 15 is 0 Å². The largest absolute Gasteiger partial charge is 0.385 e. The second kappa shape index (κ2) is 6.56. The van der Waals surface area contributed by atoms with Crippen LogP contribution < -0.4 is 10.3 Å². The summed E-state index contributed by atoms with van der Waals surface area (Å²) in [6.07, 6.45) is 1.19. The van der Waals surface area contributed by atoms with Gasteiger partial charge in [0.25, 0.3) is 0 Å². The van der Waals surface area contributed by atoms with Gasteiger partial charge in [0.15, 0.2) is 0 Å². The first-order valence-corrected chi connectivity index (χ1v) is 8.22. The molecule has 0 aliphatic heterocycles. The van der Waals surface area contributed by atoms with E-state index < -0.39 is 6.10 Å². The SMILES string of the molecule is C=CCn1c(N)[n+](C[C@@H](O)c2ccc(Br)cc2)c2ccccc21. The second-order valence-corrected chi connectivity index (χ2v) is 6.34. The molecule has 0 bridgehead atoms. The summed E-state index contributed by atoms with van der Waals surface area (Å²) in [5.41, 5.74) is 9.21. The molecule has 0 amide bonds. The summed E-state index contributed by atoms with van der Waals surface area (Å²) in [4.78, 5) is 0. The van der Waals surface area contributed by atoms with Gasteiger partial charge in [-0.05, 0) is 29.8 Å². The van der Waals surface area contributed by atoms with Crippen molar-refractivity contribution < 1.29 is 9.67 Å². The van der Waals surface area contributed by atoms with Crippen LogP contribution in [0.2, 0.25) is 0 Å². The van der Waals surface area contributed by atoms with Gasteiger partial charge in [-0.1, -0.05) is 52.9 Å². The molecule has 3 rings (SSSR count). The molecule has 5 heteroatoms. The minimum absolute atomic E-state index is 0.401. The highest BCUT2D eigenvalue weighted by Crippen LogP contribution is 2.20. The van der Waals surface area contributed by atoms with Gasteiger partial charge in [0.1, 0.15) is 23.7 Å². The highest BCUT2D eigenvalue weighted by molar-refractivity contribution is 9.10. The van der Waals surface area contributed by atoms with Gasteiger partial charge in [-0.25, -0.2) is 9.13 Å². The Bertz CT molecular complexity index is 839. The molecule has 23 heavy (non-hydrogen) atoms. The Morgan fingerprint density at radius 2 is 1.91 bits per heavy atom. The van der Waals surface area contributed by atoms with Gasteiger partial charge in [-0.2, -0.15) is 0 Å². The number of nitrogens with two attached hydrogens (primary N) is 1. The molecule has 1 aromatic heterocycles. The molecule has 0 aliphatic carbocycles. The number of rotatable bonds is 5. The van der Waals surface area contributed by atoms with Crippen molar-refractivity contribution in [1.29, 1.82) is 0 Å². The Hall–Kier alpha value is -2.11. The fourth-order valence-electron chi connectivity index (χ4n) is 2.79. The molecule has 2 aromatic carbocycles. The van der Waals surface area contributed by atoms with E-state index in [2.05, 4.69) is 22.5 Å². The van der Waals surface area contributed by atoms with E-state index in [-0.39, 0.29) is 0 Å². The minimum Gasteiger partial charge on any atom is -0.385 e. The zero-order valence-electron chi connectivity index (χ0n) is 12.7. The maximum atomic E-state index is 10.6. The van der Waals surface area contributed by atoms with Crippen LogP contribution in [-0.4, -0.2) is 9.67 Å². The number of para-hydroxylation sites is 2. The number of imidazole rings is 1. The van der Waals surface area contributed by atoms with Gasteiger partial charge in [0, 0.05) is 4.47 Å². The normalized spacial score (nSPS) is 12.4. The van der Waals surface area contributed by atoms with Crippen molar-refractivity contribution in [3.63, 3.8) is 0 Å². The monoisotopic (exact) mass is 372 g/mol. The molecule has 0 aliphatic rings. The van der Waals surface area contributed by atoms with Crippen LogP contribution in [0, 0.1) is 0 Å². The second-order valence-electron chi connectivity index (χ2n) is 5.42. The Kier molecular flexibility index (Phi) is 4.50. The summed E-state index contributed by atoms with van der Waals surface area (Å²) in [5, 5.41) is 10.6. The Labute approximate surface area is 143 Å².